The van der Waals surface area contributed by atoms with Crippen LogP contribution in [0.2, 0.25) is 0 Å². The normalized spacial score (nSPS) is 9.19. The highest BCUT2D eigenvalue weighted by molar-refractivity contribution is 8.13. The van der Waals surface area contributed by atoms with E-state index >= 15 is 0 Å². The molecule has 0 aliphatic heterocycles. The van der Waals surface area contributed by atoms with E-state index in [1.54, 1.807) is 14.0 Å². The van der Waals surface area contributed by atoms with Crippen LogP contribution in [0, 0.1) is 18.8 Å². The molecule has 0 fully saturated rings. The molecule has 0 N–H and O–H groups in total. The molecule has 0 aliphatic carbocycles. The maximum Gasteiger partial charge on any atom is 0.186 e. The number of carbonyl (C=O) groups excluding carboxylic acids is 1. The van der Waals surface area contributed by atoms with E-state index in [0.717, 1.165) is 16.9 Å². The lowest BCUT2D eigenvalue weighted by Crippen LogP contribution is -1.88. The Kier molecular flexibility index (Phi) is 4.94. The first kappa shape index (κ1) is 12.7. The Morgan fingerprint density at radius 3 is 2.88 bits per heavy atom. The molecule has 0 unspecified atom stereocenters. The molecule has 0 spiro atoms. The van der Waals surface area contributed by atoms with Gasteiger partial charge in [0.2, 0.25) is 0 Å². The van der Waals surface area contributed by atoms with Crippen LogP contribution in [-0.2, 0) is 4.79 Å². The molecule has 0 aromatic heterocycles. The van der Waals surface area contributed by atoms with Gasteiger partial charge >= 0.3 is 0 Å². The average molecular weight is 234 g/mol. The lowest BCUT2D eigenvalue weighted by molar-refractivity contribution is -0.109. The highest BCUT2D eigenvalue weighted by Gasteiger charge is 1.97. The van der Waals surface area contributed by atoms with Crippen molar-refractivity contribution in [1.29, 1.82) is 0 Å². The third-order valence-electron chi connectivity index (χ3n) is 1.99. The molecule has 0 bridgehead atoms. The number of aryl methyl sites for hydroxylation is 1. The van der Waals surface area contributed by atoms with E-state index in [1.165, 1.54) is 11.8 Å². The molecule has 0 amide bonds. The third-order valence-corrected chi connectivity index (χ3v) is 2.68. The van der Waals surface area contributed by atoms with Gasteiger partial charge in [0.05, 0.1) is 12.9 Å². The number of hydrogen-bond donors (Lipinski definition) is 0. The Hall–Kier alpha value is -1.40. The number of carbonyl (C=O) groups is 1. The molecule has 1 rings (SSSR count). The minimum absolute atomic E-state index is 0.0933. The Morgan fingerprint density at radius 2 is 2.25 bits per heavy atom. The molecule has 3 heteroatoms. The summed E-state index contributed by atoms with van der Waals surface area (Å²) in [5.41, 5.74) is 2.00. The molecule has 0 heterocycles. The molecule has 0 saturated carbocycles. The summed E-state index contributed by atoms with van der Waals surface area (Å²) in [7, 11) is 1.64. The standard InChI is InChI=1S/C13H14O2S/c1-10-6-7-12(9-13(10)15-3)5-4-8-16-11(2)14/h6-7,9H,8H2,1-3H3. The van der Waals surface area contributed by atoms with Crippen LogP contribution in [0.1, 0.15) is 18.1 Å². The zero-order valence-electron chi connectivity index (χ0n) is 9.66. The van der Waals surface area contributed by atoms with Gasteiger partial charge in [0.15, 0.2) is 5.12 Å². The van der Waals surface area contributed by atoms with Crippen LogP contribution < -0.4 is 4.74 Å². The van der Waals surface area contributed by atoms with Crippen molar-refractivity contribution in [2.24, 2.45) is 0 Å². The van der Waals surface area contributed by atoms with Gasteiger partial charge in [-0.05, 0) is 24.6 Å². The van der Waals surface area contributed by atoms with Crippen LogP contribution in [0.3, 0.4) is 0 Å². The van der Waals surface area contributed by atoms with E-state index in [-0.39, 0.29) is 5.12 Å². The molecule has 0 radical (unpaired) electrons. The van der Waals surface area contributed by atoms with Crippen LogP contribution in [0.25, 0.3) is 0 Å². The summed E-state index contributed by atoms with van der Waals surface area (Å²) >= 11 is 1.22. The Labute approximate surface area is 100 Å². The van der Waals surface area contributed by atoms with Crippen molar-refractivity contribution in [3.63, 3.8) is 0 Å². The molecule has 0 saturated heterocycles. The van der Waals surface area contributed by atoms with Gasteiger partial charge in [0.1, 0.15) is 5.75 Å². The van der Waals surface area contributed by atoms with E-state index in [4.69, 9.17) is 4.74 Å². The summed E-state index contributed by atoms with van der Waals surface area (Å²) in [6.45, 7) is 3.53. The SMILES string of the molecule is COc1cc(C#CCSC(C)=O)ccc1C. The van der Waals surface area contributed by atoms with Crippen molar-refractivity contribution in [3.8, 4) is 17.6 Å². The highest BCUT2D eigenvalue weighted by atomic mass is 32.2. The largest absolute Gasteiger partial charge is 0.496 e. The number of rotatable bonds is 2. The van der Waals surface area contributed by atoms with Crippen molar-refractivity contribution in [2.45, 2.75) is 13.8 Å². The first-order valence-electron chi connectivity index (χ1n) is 4.90. The van der Waals surface area contributed by atoms with Crippen molar-refractivity contribution in [2.75, 3.05) is 12.9 Å². The van der Waals surface area contributed by atoms with Gasteiger partial charge in [-0.2, -0.15) is 0 Å². The highest BCUT2D eigenvalue weighted by Crippen LogP contribution is 2.18. The summed E-state index contributed by atoms with van der Waals surface area (Å²) in [6, 6.07) is 5.82. The fourth-order valence-electron chi connectivity index (χ4n) is 1.17. The fourth-order valence-corrected chi connectivity index (χ4v) is 1.52. The molecular weight excluding hydrogens is 220 g/mol. The van der Waals surface area contributed by atoms with Gasteiger partial charge in [-0.15, -0.1) is 0 Å². The molecule has 0 aliphatic rings. The summed E-state index contributed by atoms with van der Waals surface area (Å²) in [5, 5.41) is 0.0933. The van der Waals surface area contributed by atoms with Crippen molar-refractivity contribution in [3.05, 3.63) is 29.3 Å². The van der Waals surface area contributed by atoms with Crippen LogP contribution in [0.15, 0.2) is 18.2 Å². The zero-order valence-corrected chi connectivity index (χ0v) is 10.5. The number of hydrogen-bond acceptors (Lipinski definition) is 3. The van der Waals surface area contributed by atoms with Crippen molar-refractivity contribution < 1.29 is 9.53 Å². The summed E-state index contributed by atoms with van der Waals surface area (Å²) < 4.78 is 5.20. The van der Waals surface area contributed by atoms with Gasteiger partial charge in [-0.1, -0.05) is 29.7 Å². The maximum absolute atomic E-state index is 10.7. The third kappa shape index (κ3) is 4.00. The number of benzene rings is 1. The predicted octanol–water partition coefficient (Wildman–Crippen LogP) is 2.63. The van der Waals surface area contributed by atoms with E-state index in [2.05, 4.69) is 11.8 Å². The molecular formula is C13H14O2S. The Bertz CT molecular complexity index is 441. The number of thioether (sulfide) groups is 1. The van der Waals surface area contributed by atoms with E-state index < -0.39 is 0 Å². The van der Waals surface area contributed by atoms with Gasteiger partial charge in [-0.3, -0.25) is 4.79 Å². The maximum atomic E-state index is 10.7. The van der Waals surface area contributed by atoms with E-state index in [1.807, 2.05) is 25.1 Å². The molecule has 1 aromatic rings. The average Bonchev–Trinajstić information content (AvgIpc) is 2.26. The molecule has 0 atom stereocenters. The summed E-state index contributed by atoms with van der Waals surface area (Å²) in [5.74, 6) is 7.31. The summed E-state index contributed by atoms with van der Waals surface area (Å²) in [6.07, 6.45) is 0. The van der Waals surface area contributed by atoms with E-state index in [9.17, 15) is 4.79 Å². The van der Waals surface area contributed by atoms with Crippen LogP contribution >= 0.6 is 11.8 Å². The molecule has 2 nitrogen and oxygen atoms in total. The summed E-state index contributed by atoms with van der Waals surface area (Å²) in [4.78, 5) is 10.7. The lowest BCUT2D eigenvalue weighted by Gasteiger charge is -2.03. The lowest BCUT2D eigenvalue weighted by atomic mass is 10.1. The second-order valence-corrected chi connectivity index (χ2v) is 4.42. The van der Waals surface area contributed by atoms with Crippen molar-refractivity contribution >= 4 is 16.9 Å². The van der Waals surface area contributed by atoms with Crippen molar-refractivity contribution in [1.82, 2.24) is 0 Å². The first-order valence-corrected chi connectivity index (χ1v) is 5.89. The smallest absolute Gasteiger partial charge is 0.186 e. The molecule has 1 aromatic carbocycles. The predicted molar refractivity (Wildman–Crippen MR) is 67.7 cm³/mol. The minimum atomic E-state index is 0.0933. The topological polar surface area (TPSA) is 26.3 Å². The number of ether oxygens (including phenoxy) is 1. The molecule has 84 valence electrons. The van der Waals surface area contributed by atoms with Gasteiger partial charge in [0, 0.05) is 12.5 Å². The molecule has 16 heavy (non-hydrogen) atoms. The fraction of sp³-hybridized carbons (Fsp3) is 0.308. The van der Waals surface area contributed by atoms with Crippen LogP contribution in [0.4, 0.5) is 0 Å². The van der Waals surface area contributed by atoms with Gasteiger partial charge < -0.3 is 4.74 Å². The first-order chi connectivity index (χ1) is 7.63. The monoisotopic (exact) mass is 234 g/mol. The second-order valence-electron chi connectivity index (χ2n) is 3.27. The second kappa shape index (κ2) is 6.24. The minimum Gasteiger partial charge on any atom is -0.496 e. The Balaban J connectivity index is 2.70. The zero-order chi connectivity index (χ0) is 12.0. The van der Waals surface area contributed by atoms with E-state index in [0.29, 0.717) is 5.75 Å². The van der Waals surface area contributed by atoms with Crippen LogP contribution in [0.5, 0.6) is 5.75 Å². The van der Waals surface area contributed by atoms with Gasteiger partial charge in [-0.25, -0.2) is 0 Å². The Morgan fingerprint density at radius 1 is 1.50 bits per heavy atom. The quantitative estimate of drug-likeness (QED) is 0.736. The number of methoxy groups -OCH3 is 1. The van der Waals surface area contributed by atoms with Gasteiger partial charge in [0.25, 0.3) is 0 Å². The van der Waals surface area contributed by atoms with Crippen LogP contribution in [-0.4, -0.2) is 18.0 Å².